The van der Waals surface area contributed by atoms with Gasteiger partial charge in [0, 0.05) is 18.0 Å². The Hall–Kier alpha value is -1.17. The number of thiophene rings is 1. The van der Waals surface area contributed by atoms with E-state index in [1.807, 2.05) is 36.2 Å². The van der Waals surface area contributed by atoms with E-state index in [1.54, 1.807) is 11.3 Å². The van der Waals surface area contributed by atoms with Crippen molar-refractivity contribution in [3.63, 3.8) is 0 Å². The Morgan fingerprint density at radius 2 is 2.05 bits per heavy atom. The Kier molecular flexibility index (Phi) is 5.96. The second-order valence-electron chi connectivity index (χ2n) is 5.08. The fourth-order valence-electron chi connectivity index (χ4n) is 2.06. The monoisotopic (exact) mass is 366 g/mol. The van der Waals surface area contributed by atoms with Crippen molar-refractivity contribution in [1.82, 2.24) is 10.2 Å². The van der Waals surface area contributed by atoms with Crippen LogP contribution < -0.4 is 5.32 Å². The lowest BCUT2D eigenvalue weighted by Gasteiger charge is -2.15. The van der Waals surface area contributed by atoms with Gasteiger partial charge in [0.15, 0.2) is 0 Å². The van der Waals surface area contributed by atoms with Crippen molar-refractivity contribution >= 4 is 33.2 Å². The van der Waals surface area contributed by atoms with Gasteiger partial charge in [0.2, 0.25) is 5.91 Å². The topological polar surface area (TPSA) is 32.3 Å². The molecule has 1 amide bonds. The van der Waals surface area contributed by atoms with Crippen molar-refractivity contribution in [1.29, 1.82) is 0 Å². The van der Waals surface area contributed by atoms with Crippen LogP contribution in [-0.4, -0.2) is 24.4 Å². The molecule has 1 aromatic carbocycles. The van der Waals surface area contributed by atoms with Crippen molar-refractivity contribution in [2.45, 2.75) is 20.0 Å². The lowest BCUT2D eigenvalue weighted by molar-refractivity contribution is -0.122. The lowest BCUT2D eigenvalue weighted by atomic mass is 10.1. The number of likely N-dealkylation sites (N-methyl/N-ethyl adjacent to an activating group) is 1. The van der Waals surface area contributed by atoms with Gasteiger partial charge in [0.05, 0.1) is 10.3 Å². The highest BCUT2D eigenvalue weighted by Gasteiger charge is 2.08. The van der Waals surface area contributed by atoms with Gasteiger partial charge in [0.25, 0.3) is 0 Å². The Morgan fingerprint density at radius 1 is 1.29 bits per heavy atom. The summed E-state index contributed by atoms with van der Waals surface area (Å²) >= 11 is 5.15. The minimum absolute atomic E-state index is 0.0522. The van der Waals surface area contributed by atoms with Crippen LogP contribution in [0.1, 0.15) is 16.0 Å². The van der Waals surface area contributed by atoms with E-state index in [4.69, 9.17) is 0 Å². The zero-order chi connectivity index (χ0) is 15.2. The predicted molar refractivity (Wildman–Crippen MR) is 91.4 cm³/mol. The molecule has 0 aliphatic rings. The van der Waals surface area contributed by atoms with E-state index in [-0.39, 0.29) is 5.91 Å². The molecule has 1 N–H and O–H groups in total. The van der Waals surface area contributed by atoms with Crippen LogP contribution in [0.4, 0.5) is 0 Å². The molecule has 1 heterocycles. The molecule has 21 heavy (non-hydrogen) atoms. The summed E-state index contributed by atoms with van der Waals surface area (Å²) in [4.78, 5) is 15.2. The number of amides is 1. The molecule has 0 fully saturated rings. The van der Waals surface area contributed by atoms with Crippen LogP contribution in [0, 0.1) is 6.92 Å². The molecule has 3 nitrogen and oxygen atoms in total. The Balaban J connectivity index is 1.77. The summed E-state index contributed by atoms with van der Waals surface area (Å²) in [6, 6.07) is 12.2. The van der Waals surface area contributed by atoms with Crippen LogP contribution in [0.15, 0.2) is 40.2 Å². The first-order valence-corrected chi connectivity index (χ1v) is 8.39. The SMILES string of the molecule is Cc1ccccc1CNC(=O)CN(C)Cc1ccc(Br)s1. The fourth-order valence-corrected chi connectivity index (χ4v) is 3.63. The second kappa shape index (κ2) is 7.73. The fraction of sp³-hybridized carbons (Fsp3) is 0.312. The van der Waals surface area contributed by atoms with Crippen LogP contribution in [0.2, 0.25) is 0 Å². The Labute approximate surface area is 138 Å². The van der Waals surface area contributed by atoms with Crippen molar-refractivity contribution < 1.29 is 4.79 Å². The van der Waals surface area contributed by atoms with Gasteiger partial charge < -0.3 is 5.32 Å². The molecule has 0 atom stereocenters. The molecule has 0 saturated heterocycles. The molecular weight excluding hydrogens is 348 g/mol. The number of carbonyl (C=O) groups is 1. The van der Waals surface area contributed by atoms with Crippen molar-refractivity contribution in [3.05, 3.63) is 56.2 Å². The van der Waals surface area contributed by atoms with Crippen molar-refractivity contribution in [2.75, 3.05) is 13.6 Å². The maximum Gasteiger partial charge on any atom is 0.234 e. The van der Waals surface area contributed by atoms with Crippen LogP contribution in [-0.2, 0) is 17.9 Å². The highest BCUT2D eigenvalue weighted by Crippen LogP contribution is 2.22. The van der Waals surface area contributed by atoms with Gasteiger partial charge >= 0.3 is 0 Å². The van der Waals surface area contributed by atoms with E-state index in [1.165, 1.54) is 10.4 Å². The third-order valence-electron chi connectivity index (χ3n) is 3.21. The number of nitrogens with one attached hydrogen (secondary N) is 1. The molecule has 2 aromatic rings. The molecule has 0 spiro atoms. The molecule has 1 aromatic heterocycles. The minimum Gasteiger partial charge on any atom is -0.351 e. The summed E-state index contributed by atoms with van der Waals surface area (Å²) in [5, 5.41) is 2.98. The second-order valence-corrected chi connectivity index (χ2v) is 7.63. The number of hydrogen-bond donors (Lipinski definition) is 1. The average Bonchev–Trinajstić information content (AvgIpc) is 2.83. The summed E-state index contributed by atoms with van der Waals surface area (Å²) in [5.41, 5.74) is 2.37. The summed E-state index contributed by atoms with van der Waals surface area (Å²) in [5.74, 6) is 0.0522. The average molecular weight is 367 g/mol. The van der Waals surface area contributed by atoms with Crippen LogP contribution >= 0.6 is 27.3 Å². The molecule has 0 bridgehead atoms. The van der Waals surface area contributed by atoms with Crippen LogP contribution in [0.5, 0.6) is 0 Å². The summed E-state index contributed by atoms with van der Waals surface area (Å²) in [7, 11) is 1.96. The Morgan fingerprint density at radius 3 is 2.71 bits per heavy atom. The standard InChI is InChI=1S/C16H19BrN2OS/c1-12-5-3-4-6-13(12)9-18-16(20)11-19(2)10-14-7-8-15(17)21-14/h3-8H,9-11H2,1-2H3,(H,18,20). The van der Waals surface area contributed by atoms with E-state index in [2.05, 4.69) is 40.3 Å². The number of rotatable bonds is 6. The van der Waals surface area contributed by atoms with E-state index in [0.29, 0.717) is 13.1 Å². The van der Waals surface area contributed by atoms with E-state index < -0.39 is 0 Å². The molecule has 0 aliphatic heterocycles. The first-order valence-electron chi connectivity index (χ1n) is 6.78. The molecule has 0 aliphatic carbocycles. The number of nitrogens with zero attached hydrogens (tertiary/aromatic N) is 1. The van der Waals surface area contributed by atoms with Gasteiger partial charge in [-0.05, 0) is 53.2 Å². The predicted octanol–water partition coefficient (Wildman–Crippen LogP) is 3.57. The molecule has 5 heteroatoms. The maximum absolute atomic E-state index is 12.0. The van der Waals surface area contributed by atoms with Crippen molar-refractivity contribution in [2.24, 2.45) is 0 Å². The summed E-state index contributed by atoms with van der Waals surface area (Å²) in [6.07, 6.45) is 0. The zero-order valence-corrected chi connectivity index (χ0v) is 14.6. The normalized spacial score (nSPS) is 10.9. The minimum atomic E-state index is 0.0522. The number of aryl methyl sites for hydroxylation is 1. The van der Waals surface area contributed by atoms with Gasteiger partial charge in [0.1, 0.15) is 0 Å². The van der Waals surface area contributed by atoms with E-state index >= 15 is 0 Å². The molecule has 112 valence electrons. The maximum atomic E-state index is 12.0. The number of halogens is 1. The lowest BCUT2D eigenvalue weighted by Crippen LogP contribution is -2.34. The van der Waals surface area contributed by atoms with Crippen molar-refractivity contribution in [3.8, 4) is 0 Å². The van der Waals surface area contributed by atoms with Gasteiger partial charge in [-0.2, -0.15) is 0 Å². The Bertz CT molecular complexity index is 612. The quantitative estimate of drug-likeness (QED) is 0.847. The van der Waals surface area contributed by atoms with Gasteiger partial charge in [-0.15, -0.1) is 11.3 Å². The zero-order valence-electron chi connectivity index (χ0n) is 12.2. The first-order chi connectivity index (χ1) is 10.0. The van der Waals surface area contributed by atoms with Gasteiger partial charge in [-0.1, -0.05) is 24.3 Å². The summed E-state index contributed by atoms with van der Waals surface area (Å²) < 4.78 is 1.12. The number of hydrogen-bond acceptors (Lipinski definition) is 3. The van der Waals surface area contributed by atoms with Crippen LogP contribution in [0.25, 0.3) is 0 Å². The molecule has 2 rings (SSSR count). The van der Waals surface area contributed by atoms with Gasteiger partial charge in [-0.25, -0.2) is 0 Å². The van der Waals surface area contributed by atoms with Gasteiger partial charge in [-0.3, -0.25) is 9.69 Å². The van der Waals surface area contributed by atoms with Crippen LogP contribution in [0.3, 0.4) is 0 Å². The molecular formula is C16H19BrN2OS. The molecule has 0 unspecified atom stereocenters. The molecule has 0 radical (unpaired) electrons. The molecule has 0 saturated carbocycles. The smallest absolute Gasteiger partial charge is 0.234 e. The van der Waals surface area contributed by atoms with E-state index in [0.717, 1.165) is 15.9 Å². The highest BCUT2D eigenvalue weighted by molar-refractivity contribution is 9.11. The first kappa shape index (κ1) is 16.2. The number of carbonyl (C=O) groups excluding carboxylic acids is 1. The van der Waals surface area contributed by atoms with E-state index in [9.17, 15) is 4.79 Å². The number of benzene rings is 1. The third kappa shape index (κ3) is 5.26. The third-order valence-corrected chi connectivity index (χ3v) is 4.81. The summed E-state index contributed by atoms with van der Waals surface area (Å²) in [6.45, 7) is 3.83. The highest BCUT2D eigenvalue weighted by atomic mass is 79.9. The largest absolute Gasteiger partial charge is 0.351 e.